The maximum Gasteiger partial charge on any atom is 0.223 e. The molecule has 0 radical (unpaired) electrons. The van der Waals surface area contributed by atoms with Gasteiger partial charge >= 0.3 is 0 Å². The lowest BCUT2D eigenvalue weighted by Gasteiger charge is -2.34. The molecule has 0 unspecified atom stereocenters. The molecule has 9 aromatic carbocycles. The predicted molar refractivity (Wildman–Crippen MR) is 526 cm³/mol. The van der Waals surface area contributed by atoms with E-state index in [9.17, 15) is 4.39 Å². The number of benzene rings is 9. The van der Waals surface area contributed by atoms with Crippen molar-refractivity contribution in [2.45, 2.75) is 298 Å². The molecule has 0 N–H and O–H groups in total. The molecule has 4 nitrogen and oxygen atoms in total. The zero-order chi connectivity index (χ0) is 89.5. The lowest BCUT2D eigenvalue weighted by atomic mass is 9.71. The average molecular weight is 1670 g/mol. The first-order valence-electron chi connectivity index (χ1n) is 47.7. The van der Waals surface area contributed by atoms with Crippen LogP contribution in [0.5, 0.6) is 0 Å². The largest absolute Gasteiger partial charge is 0.223 e. The maximum absolute atomic E-state index is 15.4. The van der Waals surface area contributed by atoms with Crippen molar-refractivity contribution in [3.8, 4) is 56.2 Å². The molecule has 0 amide bonds. The van der Waals surface area contributed by atoms with Gasteiger partial charge in [0.15, 0.2) is 22.8 Å². The van der Waals surface area contributed by atoms with Crippen molar-refractivity contribution >= 4 is 43.1 Å². The van der Waals surface area contributed by atoms with E-state index in [-0.39, 0.29) is 11.6 Å². The highest BCUT2D eigenvalue weighted by atomic mass is 19.1. The first-order valence-corrected chi connectivity index (χ1v) is 47.7. The molecule has 18 rings (SSSR count). The van der Waals surface area contributed by atoms with Crippen molar-refractivity contribution in [3.63, 3.8) is 0 Å². The number of nitrogens with zero attached hydrogens (tertiary/aromatic N) is 4. The van der Waals surface area contributed by atoms with Crippen molar-refractivity contribution in [1.82, 2.24) is 0 Å². The molecule has 0 atom stereocenters. The molecule has 4 fully saturated rings. The highest BCUT2D eigenvalue weighted by Gasteiger charge is 2.36. The second kappa shape index (κ2) is 35.6. The quantitative estimate of drug-likeness (QED) is 0.128. The Morgan fingerprint density at radius 1 is 0.272 bits per heavy atom. The number of halogens is 2. The number of hydrogen-bond donors (Lipinski definition) is 0. The van der Waals surface area contributed by atoms with Crippen LogP contribution in [-0.4, -0.2) is 0 Å². The Kier molecular flexibility index (Phi) is 25.7. The Bertz CT molecular complexity index is 6290. The number of aryl methyl sites for hydroxylation is 13. The van der Waals surface area contributed by atoms with Crippen molar-refractivity contribution < 1.29 is 27.0 Å². The smallest absolute Gasteiger partial charge is 0.206 e. The number of aromatic nitrogens is 4. The molecule has 0 spiro atoms. The van der Waals surface area contributed by atoms with Gasteiger partial charge in [-0.05, 0) is 401 Å². The fourth-order valence-electron chi connectivity index (χ4n) is 22.6. The second-order valence-corrected chi connectivity index (χ2v) is 43.1. The summed E-state index contributed by atoms with van der Waals surface area (Å²) >= 11 is 0. The lowest BCUT2D eigenvalue weighted by molar-refractivity contribution is -0.665. The van der Waals surface area contributed by atoms with Gasteiger partial charge in [0.1, 0.15) is 39.8 Å². The van der Waals surface area contributed by atoms with E-state index in [1.807, 2.05) is 46.8 Å². The Labute approximate surface area is 750 Å². The van der Waals surface area contributed by atoms with Crippen molar-refractivity contribution in [1.29, 1.82) is 0 Å². The molecule has 5 aliphatic carbocycles. The van der Waals surface area contributed by atoms with Gasteiger partial charge in [-0.2, -0.15) is 18.3 Å². The van der Waals surface area contributed by atoms with Crippen LogP contribution >= 0.6 is 0 Å². The minimum absolute atomic E-state index is 0.0848. The van der Waals surface area contributed by atoms with Gasteiger partial charge in [-0.15, -0.1) is 0 Å². The van der Waals surface area contributed by atoms with E-state index in [0.29, 0.717) is 50.5 Å². The molecule has 4 aromatic heterocycles. The van der Waals surface area contributed by atoms with Crippen LogP contribution in [-0.2, 0) is 41.0 Å². The summed E-state index contributed by atoms with van der Waals surface area (Å²) in [6.45, 7) is 48.8. The molecule has 13 aromatic rings. The highest BCUT2D eigenvalue weighted by molar-refractivity contribution is 5.98. The van der Waals surface area contributed by atoms with Gasteiger partial charge in [-0.25, -0.2) is 8.78 Å². The van der Waals surface area contributed by atoms with Crippen molar-refractivity contribution in [2.75, 3.05) is 0 Å². The Morgan fingerprint density at radius 2 is 0.608 bits per heavy atom. The summed E-state index contributed by atoms with van der Waals surface area (Å²) in [4.78, 5) is 0. The van der Waals surface area contributed by atoms with E-state index in [0.717, 1.165) is 56.1 Å². The van der Waals surface area contributed by atoms with Crippen LogP contribution in [0.3, 0.4) is 0 Å². The summed E-state index contributed by atoms with van der Waals surface area (Å²) in [5.74, 6) is 2.54. The number of pyridine rings is 4. The maximum atomic E-state index is 15.4. The minimum Gasteiger partial charge on any atom is -0.206 e. The average Bonchev–Trinajstić information content (AvgIpc) is 1.19. The highest BCUT2D eigenvalue weighted by Crippen LogP contribution is 2.50. The zero-order valence-corrected chi connectivity index (χ0v) is 81.3. The van der Waals surface area contributed by atoms with Crippen LogP contribution in [0, 0.1) is 130 Å². The third-order valence-electron chi connectivity index (χ3n) is 31.9. The van der Waals surface area contributed by atoms with Crippen LogP contribution in [0.2, 0.25) is 0 Å². The fraction of sp³-hybridized carbons (Fsp3) is 0.445. The molecule has 0 bridgehead atoms. The Balaban J connectivity index is 0.000000129. The number of fused-ring (bicyclic) bond motifs is 5. The number of hydrogen-bond acceptors (Lipinski definition) is 0. The van der Waals surface area contributed by atoms with E-state index >= 15 is 4.39 Å². The van der Waals surface area contributed by atoms with E-state index < -0.39 is 0 Å². The van der Waals surface area contributed by atoms with Crippen molar-refractivity contribution in [2.24, 2.45) is 49.9 Å². The standard InChI is InChI=1S/C34H40N.C29H36N.2C28H35FN/c1-22-9-8-10-23(2)32(22)28-12-13-30(24(3)19-28)33-31-14-11-27(21-29(31)20-25(4)35(33)7)26-15-17-34(5,6)18-16-26;1-19-15-22-7-6-8-23(22)18-27(19)28-26-10-9-24(17-25(26)16-20(2)30(28)5)21-11-13-29(3,4)14-12-21;1-17-14-25(19(3)20(4)26(17)29)27-24-9-8-22(16-23(24)15-18(2)30(27)7)21-10-12-28(5,6)13-11-21;1-17-14-18(2)26(29)25(20(17)4)27-24-9-8-22(16-23(24)15-19(3)30(27)7)21-10-12-28(5,6)13-11-21/h8-14,19-21,26H,15-18H2,1-7H3;9-10,15-18,21H,6-8,11-14H2,1-5H3;2*8-9,14-16,21H,10-13H2,1-7H3/q4*+1. The van der Waals surface area contributed by atoms with Gasteiger partial charge < -0.3 is 0 Å². The molecule has 5 aliphatic rings. The van der Waals surface area contributed by atoms with Gasteiger partial charge in [-0.3, -0.25) is 0 Å². The van der Waals surface area contributed by atoms with Gasteiger partial charge in [0.05, 0.1) is 38.2 Å². The number of rotatable bonds is 9. The van der Waals surface area contributed by atoms with Crippen LogP contribution in [0.1, 0.15) is 300 Å². The van der Waals surface area contributed by atoms with Gasteiger partial charge in [0.25, 0.3) is 0 Å². The van der Waals surface area contributed by atoms with Crippen LogP contribution < -0.4 is 18.3 Å². The molecule has 125 heavy (non-hydrogen) atoms. The first kappa shape index (κ1) is 90.3. The predicted octanol–water partition coefficient (Wildman–Crippen LogP) is 30.8. The third-order valence-corrected chi connectivity index (χ3v) is 31.9. The monoisotopic (exact) mass is 1670 g/mol. The summed E-state index contributed by atoms with van der Waals surface area (Å²) in [7, 11) is 8.61. The molecule has 0 aliphatic heterocycles. The summed E-state index contributed by atoms with van der Waals surface area (Å²) in [6.07, 6.45) is 24.7. The molecular formula is C119H146F2N4+4. The summed E-state index contributed by atoms with van der Waals surface area (Å²) in [5, 5.41) is 10.4. The molecule has 4 saturated carbocycles. The zero-order valence-electron chi connectivity index (χ0n) is 81.3. The minimum atomic E-state index is -0.0980. The van der Waals surface area contributed by atoms with Crippen LogP contribution in [0.25, 0.3) is 99.2 Å². The topological polar surface area (TPSA) is 15.5 Å². The lowest BCUT2D eigenvalue weighted by Crippen LogP contribution is -2.35. The molecule has 6 heteroatoms. The van der Waals surface area contributed by atoms with Crippen molar-refractivity contribution in [3.05, 3.63) is 281 Å². The Hall–Kier alpha value is -9.52. The van der Waals surface area contributed by atoms with Gasteiger partial charge in [-0.1, -0.05) is 146 Å². The van der Waals surface area contributed by atoms with E-state index in [1.165, 1.54) is 255 Å². The SMILES string of the molecule is Cc1cc(-c2c(C)cccc2C)ccc1-c1c2ccc(C3CCC(C)(C)CC3)cc2cc(C)[n+]1C.Cc1cc(-c2c3ccc(C4CCC(C)(C)CC4)cc3cc(C)[n+]2C)c(C)c(C)c1F.Cc1cc(C)c(F)c(-c2c3ccc(C4CCC(C)(C)CC4)cc3cc(C)[n+]2C)c1C.Cc1cc2c(cc1-c1c3ccc(C4CCC(C)(C)CC4)cc3cc(C)[n+]1C)CCC2. The van der Waals surface area contributed by atoms with E-state index in [1.54, 1.807) is 16.7 Å². The molecule has 0 saturated heterocycles. The summed E-state index contributed by atoms with van der Waals surface area (Å²) in [6, 6.07) is 60.3. The normalized spacial score (nSPS) is 17.1. The van der Waals surface area contributed by atoms with E-state index in [2.05, 4.69) is 310 Å². The first-order chi connectivity index (χ1) is 59.1. The fourth-order valence-corrected chi connectivity index (χ4v) is 22.6. The molecule has 4 heterocycles. The second-order valence-electron chi connectivity index (χ2n) is 43.1. The Morgan fingerprint density at radius 3 is 0.992 bits per heavy atom. The third kappa shape index (κ3) is 18.5. The van der Waals surface area contributed by atoms with Crippen LogP contribution in [0.15, 0.2) is 158 Å². The van der Waals surface area contributed by atoms with Gasteiger partial charge in [0, 0.05) is 57.5 Å². The molecular weight excluding hydrogens is 1520 g/mol. The van der Waals surface area contributed by atoms with E-state index in [4.69, 9.17) is 0 Å². The summed E-state index contributed by atoms with van der Waals surface area (Å²) in [5.41, 5.74) is 39.0. The molecule has 652 valence electrons. The van der Waals surface area contributed by atoms with Gasteiger partial charge in [0.2, 0.25) is 22.8 Å². The van der Waals surface area contributed by atoms with Crippen LogP contribution in [0.4, 0.5) is 8.78 Å². The summed E-state index contributed by atoms with van der Waals surface area (Å²) < 4.78 is 39.1.